The van der Waals surface area contributed by atoms with Crippen LogP contribution in [0.2, 0.25) is 0 Å². The summed E-state index contributed by atoms with van der Waals surface area (Å²) in [6, 6.07) is 16.5. The third-order valence-corrected chi connectivity index (χ3v) is 8.24. The molecule has 5 nitrogen and oxygen atoms in total. The number of anilines is 1. The maximum Gasteiger partial charge on any atom is 0.262 e. The summed E-state index contributed by atoms with van der Waals surface area (Å²) < 4.78 is 28.9. The van der Waals surface area contributed by atoms with Crippen LogP contribution in [0.1, 0.15) is 69.5 Å². The van der Waals surface area contributed by atoms with Crippen LogP contribution in [0.3, 0.4) is 0 Å². The quantitative estimate of drug-likeness (QED) is 0.473. The van der Waals surface area contributed by atoms with E-state index in [2.05, 4.69) is 28.2 Å². The van der Waals surface area contributed by atoms with Gasteiger partial charge in [-0.15, -0.1) is 0 Å². The second-order valence-corrected chi connectivity index (χ2v) is 11.0. The molecule has 1 aliphatic rings. The van der Waals surface area contributed by atoms with Crippen LogP contribution in [-0.2, 0) is 22.9 Å². The average molecular weight is 477 g/mol. The van der Waals surface area contributed by atoms with Crippen molar-refractivity contribution >= 4 is 21.6 Å². The number of amides is 1. The van der Waals surface area contributed by atoms with Crippen molar-refractivity contribution in [3.63, 3.8) is 0 Å². The van der Waals surface area contributed by atoms with Crippen molar-refractivity contribution in [3.05, 3.63) is 93.5 Å². The third-order valence-electron chi connectivity index (χ3n) is 6.72. The molecule has 2 N–H and O–H groups in total. The van der Waals surface area contributed by atoms with E-state index >= 15 is 0 Å². The number of sulfonamides is 1. The monoisotopic (exact) mass is 476 g/mol. The maximum atomic E-state index is 13.1. The smallest absolute Gasteiger partial charge is 0.262 e. The Hall–Kier alpha value is -3.12. The predicted octanol–water partition coefficient (Wildman–Crippen LogP) is 5.78. The van der Waals surface area contributed by atoms with Gasteiger partial charge in [-0.25, -0.2) is 8.42 Å². The van der Waals surface area contributed by atoms with Crippen LogP contribution in [0.15, 0.2) is 59.5 Å². The zero-order valence-electron chi connectivity index (χ0n) is 20.2. The Bertz CT molecular complexity index is 1350. The molecule has 0 unspecified atom stereocenters. The summed E-state index contributed by atoms with van der Waals surface area (Å²) in [7, 11) is -3.85. The highest BCUT2D eigenvalue weighted by Crippen LogP contribution is 2.26. The van der Waals surface area contributed by atoms with E-state index in [0.717, 1.165) is 29.5 Å². The molecule has 34 heavy (non-hydrogen) atoms. The summed E-state index contributed by atoms with van der Waals surface area (Å²) >= 11 is 0. The van der Waals surface area contributed by atoms with Crippen LogP contribution >= 0.6 is 0 Å². The first-order valence-electron chi connectivity index (χ1n) is 11.8. The highest BCUT2D eigenvalue weighted by molar-refractivity contribution is 7.92. The number of fused-ring (bicyclic) bond motifs is 1. The molecule has 1 atom stereocenters. The van der Waals surface area contributed by atoms with Gasteiger partial charge in [0, 0.05) is 11.3 Å². The molecular formula is C28H32N2O3S. The lowest BCUT2D eigenvalue weighted by atomic mass is 9.89. The lowest BCUT2D eigenvalue weighted by Crippen LogP contribution is -2.27. The summed E-state index contributed by atoms with van der Waals surface area (Å²) in [6.07, 6.45) is 4.63. The molecule has 6 heteroatoms. The van der Waals surface area contributed by atoms with Crippen LogP contribution in [-0.4, -0.2) is 14.3 Å². The van der Waals surface area contributed by atoms with Gasteiger partial charge in [0.15, 0.2) is 0 Å². The Morgan fingerprint density at radius 3 is 2.26 bits per heavy atom. The fourth-order valence-corrected chi connectivity index (χ4v) is 5.75. The van der Waals surface area contributed by atoms with Crippen molar-refractivity contribution in [2.45, 2.75) is 64.3 Å². The molecule has 0 radical (unpaired) electrons. The van der Waals surface area contributed by atoms with Crippen LogP contribution in [0.25, 0.3) is 0 Å². The fourth-order valence-electron chi connectivity index (χ4n) is 4.43. The van der Waals surface area contributed by atoms with Gasteiger partial charge in [-0.1, -0.05) is 30.3 Å². The van der Waals surface area contributed by atoms with E-state index in [-0.39, 0.29) is 16.8 Å². The molecule has 0 saturated carbocycles. The minimum absolute atomic E-state index is 0.0970. The standard InChI is InChI=1S/C28H32N2O3S/c1-18-10-14-26(15-20(18)3)30-34(32,33)27-17-25(11-9-19(27)2)28(31)29-21(4)23-13-12-22-7-5-6-8-24(22)16-23/h9-17,21,30H,5-8H2,1-4H3,(H,29,31)/t21-/m0/s1. The molecule has 0 heterocycles. The Kier molecular flexibility index (Phi) is 6.80. The average Bonchev–Trinajstić information content (AvgIpc) is 2.81. The molecule has 0 fully saturated rings. The number of rotatable bonds is 6. The minimum atomic E-state index is -3.85. The van der Waals surface area contributed by atoms with Crippen molar-refractivity contribution in [2.75, 3.05) is 4.72 Å². The summed E-state index contributed by atoms with van der Waals surface area (Å²) in [4.78, 5) is 13.1. The van der Waals surface area contributed by atoms with Gasteiger partial charge in [-0.3, -0.25) is 9.52 Å². The van der Waals surface area contributed by atoms with Gasteiger partial charge >= 0.3 is 0 Å². The molecule has 4 rings (SSSR count). The molecule has 3 aromatic rings. The number of carbonyl (C=O) groups excluding carboxylic acids is 1. The zero-order valence-corrected chi connectivity index (χ0v) is 21.1. The van der Waals surface area contributed by atoms with E-state index in [0.29, 0.717) is 16.8 Å². The highest BCUT2D eigenvalue weighted by atomic mass is 32.2. The predicted molar refractivity (Wildman–Crippen MR) is 137 cm³/mol. The topological polar surface area (TPSA) is 75.3 Å². The van der Waals surface area contributed by atoms with Crippen LogP contribution < -0.4 is 10.0 Å². The summed E-state index contributed by atoms with van der Waals surface area (Å²) in [5.41, 5.74) is 7.31. The molecule has 0 aromatic heterocycles. The van der Waals surface area contributed by atoms with E-state index in [4.69, 9.17) is 0 Å². The molecule has 0 bridgehead atoms. The number of benzene rings is 3. The Labute approximate surface area is 202 Å². The van der Waals surface area contributed by atoms with Crippen LogP contribution in [0.4, 0.5) is 5.69 Å². The third kappa shape index (κ3) is 5.17. The van der Waals surface area contributed by atoms with Crippen molar-refractivity contribution in [2.24, 2.45) is 0 Å². The number of carbonyl (C=O) groups is 1. The Morgan fingerprint density at radius 1 is 0.824 bits per heavy atom. The summed E-state index contributed by atoms with van der Waals surface area (Å²) in [6.45, 7) is 7.60. The van der Waals surface area contributed by atoms with Gasteiger partial charge in [0.05, 0.1) is 10.9 Å². The first-order chi connectivity index (χ1) is 16.1. The molecule has 0 aliphatic heterocycles. The van der Waals surface area contributed by atoms with Gasteiger partial charge in [0.1, 0.15) is 0 Å². The SMILES string of the molecule is Cc1ccc(NS(=O)(=O)c2cc(C(=O)N[C@@H](C)c3ccc4c(c3)CCCC4)ccc2C)cc1C. The molecule has 0 saturated heterocycles. The van der Waals surface area contributed by atoms with Gasteiger partial charge in [-0.2, -0.15) is 0 Å². The van der Waals surface area contributed by atoms with Crippen LogP contribution in [0.5, 0.6) is 0 Å². The van der Waals surface area contributed by atoms with E-state index in [1.807, 2.05) is 26.8 Å². The second kappa shape index (κ2) is 9.63. The maximum absolute atomic E-state index is 13.1. The Morgan fingerprint density at radius 2 is 1.53 bits per heavy atom. The van der Waals surface area contributed by atoms with Crippen molar-refractivity contribution in [1.29, 1.82) is 0 Å². The summed E-state index contributed by atoms with van der Waals surface area (Å²) in [5.74, 6) is -0.298. The van der Waals surface area contributed by atoms with Crippen molar-refractivity contribution < 1.29 is 13.2 Å². The van der Waals surface area contributed by atoms with Gasteiger partial charge in [0.2, 0.25) is 0 Å². The lowest BCUT2D eigenvalue weighted by molar-refractivity contribution is 0.0939. The van der Waals surface area contributed by atoms with Crippen LogP contribution in [0, 0.1) is 20.8 Å². The highest BCUT2D eigenvalue weighted by Gasteiger charge is 2.21. The minimum Gasteiger partial charge on any atom is -0.346 e. The number of hydrogen-bond donors (Lipinski definition) is 2. The molecule has 3 aromatic carbocycles. The van der Waals surface area contributed by atoms with E-state index in [1.54, 1.807) is 31.2 Å². The van der Waals surface area contributed by atoms with Gasteiger partial charge in [-0.05, 0) is 111 Å². The number of nitrogens with one attached hydrogen (secondary N) is 2. The number of aryl methyl sites for hydroxylation is 5. The fraction of sp³-hybridized carbons (Fsp3) is 0.321. The molecule has 178 valence electrons. The summed E-state index contributed by atoms with van der Waals surface area (Å²) in [5, 5.41) is 3.03. The van der Waals surface area contributed by atoms with Crippen molar-refractivity contribution in [1.82, 2.24) is 5.32 Å². The molecule has 0 spiro atoms. The first-order valence-corrected chi connectivity index (χ1v) is 13.3. The molecule has 1 aliphatic carbocycles. The normalized spacial score (nSPS) is 14.2. The van der Waals surface area contributed by atoms with Gasteiger partial charge < -0.3 is 5.32 Å². The van der Waals surface area contributed by atoms with Gasteiger partial charge in [0.25, 0.3) is 15.9 Å². The van der Waals surface area contributed by atoms with E-state index in [9.17, 15) is 13.2 Å². The Balaban J connectivity index is 1.53. The second-order valence-electron chi connectivity index (χ2n) is 9.32. The van der Waals surface area contributed by atoms with E-state index < -0.39 is 10.0 Å². The zero-order chi connectivity index (χ0) is 24.5. The number of hydrogen-bond acceptors (Lipinski definition) is 3. The lowest BCUT2D eigenvalue weighted by Gasteiger charge is -2.20. The largest absolute Gasteiger partial charge is 0.346 e. The van der Waals surface area contributed by atoms with E-state index in [1.165, 1.54) is 30.0 Å². The first kappa shape index (κ1) is 24.0. The molecular weight excluding hydrogens is 444 g/mol. The van der Waals surface area contributed by atoms with Crippen molar-refractivity contribution in [3.8, 4) is 0 Å². The molecule has 1 amide bonds.